The second-order valence-electron chi connectivity index (χ2n) is 7.88. The smallest absolute Gasteiger partial charge is 0.243 e. The van der Waals surface area contributed by atoms with Crippen molar-refractivity contribution < 1.29 is 17.5 Å². The highest BCUT2D eigenvalue weighted by molar-refractivity contribution is 7.98. The van der Waals surface area contributed by atoms with Crippen LogP contribution in [0.15, 0.2) is 46.5 Å². The number of hydrogen-bond acceptors (Lipinski definition) is 5. The largest absolute Gasteiger partial charge is 0.376 e. The van der Waals surface area contributed by atoms with Crippen LogP contribution in [0.3, 0.4) is 0 Å². The average molecular weight is 512 g/mol. The van der Waals surface area contributed by atoms with Crippen molar-refractivity contribution in [3.63, 3.8) is 0 Å². The van der Waals surface area contributed by atoms with E-state index >= 15 is 0 Å². The Morgan fingerprint density at radius 1 is 1.27 bits per heavy atom. The molecule has 1 aromatic heterocycles. The minimum atomic E-state index is -3.60. The van der Waals surface area contributed by atoms with E-state index in [2.05, 4.69) is 0 Å². The number of imidazole rings is 1. The Morgan fingerprint density at radius 2 is 2.06 bits per heavy atom. The van der Waals surface area contributed by atoms with E-state index in [0.29, 0.717) is 41.6 Å². The van der Waals surface area contributed by atoms with E-state index in [0.717, 1.165) is 25.0 Å². The third-order valence-corrected chi connectivity index (χ3v) is 9.19. The lowest BCUT2D eigenvalue weighted by atomic mass is 10.2. The summed E-state index contributed by atoms with van der Waals surface area (Å²) >= 11 is 7.33. The predicted molar refractivity (Wildman–Crippen MR) is 130 cm³/mol. The second-order valence-corrected chi connectivity index (χ2v) is 11.2. The van der Waals surface area contributed by atoms with Crippen LogP contribution in [-0.4, -0.2) is 48.1 Å². The maximum atomic E-state index is 14.4. The first-order valence-electron chi connectivity index (χ1n) is 11.0. The van der Waals surface area contributed by atoms with Crippen LogP contribution in [0.5, 0.6) is 0 Å². The van der Waals surface area contributed by atoms with Crippen LogP contribution >= 0.6 is 23.4 Å². The van der Waals surface area contributed by atoms with Crippen LogP contribution in [0.1, 0.15) is 32.3 Å². The van der Waals surface area contributed by atoms with E-state index in [1.54, 1.807) is 30.3 Å². The van der Waals surface area contributed by atoms with Gasteiger partial charge >= 0.3 is 0 Å². The van der Waals surface area contributed by atoms with Crippen molar-refractivity contribution in [1.29, 1.82) is 0 Å². The summed E-state index contributed by atoms with van der Waals surface area (Å²) in [5.41, 5.74) is 1.92. The highest BCUT2D eigenvalue weighted by Crippen LogP contribution is 2.32. The zero-order chi connectivity index (χ0) is 23.6. The number of hydrogen-bond donors (Lipinski definition) is 0. The molecular formula is C23H27ClFN3O3S2. The first-order chi connectivity index (χ1) is 15.8. The summed E-state index contributed by atoms with van der Waals surface area (Å²) in [7, 11) is -3.60. The van der Waals surface area contributed by atoms with Gasteiger partial charge in [-0.15, -0.1) is 0 Å². The molecule has 1 saturated heterocycles. The van der Waals surface area contributed by atoms with Gasteiger partial charge in [0.2, 0.25) is 10.0 Å². The van der Waals surface area contributed by atoms with Gasteiger partial charge in [-0.2, -0.15) is 4.31 Å². The number of sulfonamides is 1. The molecule has 2 heterocycles. The van der Waals surface area contributed by atoms with Gasteiger partial charge in [0, 0.05) is 25.4 Å². The first-order valence-corrected chi connectivity index (χ1v) is 13.8. The van der Waals surface area contributed by atoms with Crippen LogP contribution < -0.4 is 0 Å². The topological polar surface area (TPSA) is 64.4 Å². The van der Waals surface area contributed by atoms with Crippen molar-refractivity contribution in [1.82, 2.24) is 13.9 Å². The van der Waals surface area contributed by atoms with Gasteiger partial charge in [0.25, 0.3) is 0 Å². The Balaban J connectivity index is 1.71. The van der Waals surface area contributed by atoms with Crippen LogP contribution in [-0.2, 0) is 27.1 Å². The van der Waals surface area contributed by atoms with Crippen molar-refractivity contribution in [3.8, 4) is 0 Å². The van der Waals surface area contributed by atoms with E-state index in [-0.39, 0.29) is 16.0 Å². The van der Waals surface area contributed by atoms with Gasteiger partial charge in [-0.3, -0.25) is 0 Å². The third-order valence-electron chi connectivity index (χ3n) is 5.83. The molecule has 0 bridgehead atoms. The summed E-state index contributed by atoms with van der Waals surface area (Å²) < 4.78 is 49.7. The summed E-state index contributed by atoms with van der Waals surface area (Å²) in [6.45, 7) is 5.78. The van der Waals surface area contributed by atoms with Crippen molar-refractivity contribution in [2.75, 3.05) is 19.7 Å². The Labute approximate surface area is 203 Å². The van der Waals surface area contributed by atoms with Crippen LogP contribution in [0.25, 0.3) is 11.0 Å². The lowest BCUT2D eigenvalue weighted by molar-refractivity contribution is 0.0960. The molecule has 0 radical (unpaired) electrons. The molecule has 0 spiro atoms. The Kier molecular flexibility index (Phi) is 7.65. The molecule has 4 rings (SSSR count). The number of nitrogens with zero attached hydrogens (tertiary/aromatic N) is 3. The van der Waals surface area contributed by atoms with E-state index in [9.17, 15) is 12.8 Å². The van der Waals surface area contributed by atoms with Gasteiger partial charge in [-0.25, -0.2) is 17.8 Å². The van der Waals surface area contributed by atoms with Gasteiger partial charge in [0.1, 0.15) is 5.82 Å². The van der Waals surface area contributed by atoms with Gasteiger partial charge in [-0.1, -0.05) is 49.3 Å². The maximum absolute atomic E-state index is 14.4. The van der Waals surface area contributed by atoms with E-state index < -0.39 is 15.8 Å². The van der Waals surface area contributed by atoms with E-state index in [4.69, 9.17) is 21.3 Å². The number of thioether (sulfide) groups is 1. The van der Waals surface area contributed by atoms with E-state index in [1.807, 2.05) is 18.4 Å². The minimum absolute atomic E-state index is 0.0729. The highest BCUT2D eigenvalue weighted by atomic mass is 35.5. The van der Waals surface area contributed by atoms with E-state index in [1.165, 1.54) is 22.1 Å². The molecule has 3 aromatic rings. The van der Waals surface area contributed by atoms with Crippen LogP contribution in [0, 0.1) is 5.82 Å². The summed E-state index contributed by atoms with van der Waals surface area (Å²) in [5.74, 6) is -0.0766. The van der Waals surface area contributed by atoms with Gasteiger partial charge in [0.15, 0.2) is 5.16 Å². The summed E-state index contributed by atoms with van der Waals surface area (Å²) in [4.78, 5) is 4.96. The molecule has 0 saturated carbocycles. The zero-order valence-electron chi connectivity index (χ0n) is 18.6. The molecular weight excluding hydrogens is 485 g/mol. The van der Waals surface area contributed by atoms with Crippen molar-refractivity contribution in [3.05, 3.63) is 52.8 Å². The SMILES string of the molecule is CCN(CC)S(=O)(=O)c1ccc2c(c1)nc(SCc1cccc(Cl)c1F)n2CC1CCCO1. The lowest BCUT2D eigenvalue weighted by Crippen LogP contribution is -2.30. The summed E-state index contributed by atoms with van der Waals surface area (Å²) in [5, 5.41) is 0.782. The van der Waals surface area contributed by atoms with Gasteiger partial charge in [0.05, 0.1) is 33.6 Å². The predicted octanol–water partition coefficient (Wildman–Crippen LogP) is 5.33. The zero-order valence-corrected chi connectivity index (χ0v) is 21.0. The standard InChI is InChI=1S/C23H27ClFN3O3S2/c1-3-27(4-2)33(29,30)18-10-11-21-20(13-18)26-23(28(21)14-17-8-6-12-31-17)32-15-16-7-5-9-19(24)22(16)25/h5,7,9-11,13,17H,3-4,6,8,12,14-15H2,1-2H3. The number of fused-ring (bicyclic) bond motifs is 1. The molecule has 0 aliphatic carbocycles. The molecule has 33 heavy (non-hydrogen) atoms. The molecule has 0 N–H and O–H groups in total. The highest BCUT2D eigenvalue weighted by Gasteiger charge is 2.25. The summed E-state index contributed by atoms with van der Waals surface area (Å²) in [6.07, 6.45) is 2.05. The molecule has 1 unspecified atom stereocenters. The lowest BCUT2D eigenvalue weighted by Gasteiger charge is -2.18. The van der Waals surface area contributed by atoms with Gasteiger partial charge in [-0.05, 0) is 42.7 Å². The molecule has 6 nitrogen and oxygen atoms in total. The molecule has 1 fully saturated rings. The van der Waals surface area contributed by atoms with Crippen molar-refractivity contribution in [2.45, 2.75) is 55.1 Å². The fourth-order valence-electron chi connectivity index (χ4n) is 4.04. The van der Waals surface area contributed by atoms with Gasteiger partial charge < -0.3 is 9.30 Å². The maximum Gasteiger partial charge on any atom is 0.243 e. The average Bonchev–Trinajstić information content (AvgIpc) is 3.43. The third kappa shape index (κ3) is 5.07. The molecule has 2 aromatic carbocycles. The fraction of sp³-hybridized carbons (Fsp3) is 0.435. The monoisotopic (exact) mass is 511 g/mol. The number of rotatable bonds is 9. The number of aromatic nitrogens is 2. The molecule has 178 valence electrons. The Morgan fingerprint density at radius 3 is 2.76 bits per heavy atom. The Hall–Kier alpha value is -1.65. The van der Waals surface area contributed by atoms with Crippen LogP contribution in [0.2, 0.25) is 5.02 Å². The molecule has 0 amide bonds. The molecule has 1 aliphatic rings. The molecule has 10 heteroatoms. The van der Waals surface area contributed by atoms with Crippen molar-refractivity contribution >= 4 is 44.4 Å². The van der Waals surface area contributed by atoms with Crippen molar-refractivity contribution in [2.24, 2.45) is 0 Å². The number of benzene rings is 2. The first kappa shape index (κ1) is 24.5. The number of halogens is 2. The summed E-state index contributed by atoms with van der Waals surface area (Å²) in [6, 6.07) is 10.0. The van der Waals surface area contributed by atoms with Crippen LogP contribution in [0.4, 0.5) is 4.39 Å². The normalized spacial score (nSPS) is 16.8. The fourth-order valence-corrected chi connectivity index (χ4v) is 6.71. The second kappa shape index (κ2) is 10.3. The number of ether oxygens (including phenoxy) is 1. The molecule has 1 aliphatic heterocycles. The Bertz CT molecular complexity index is 1240. The minimum Gasteiger partial charge on any atom is -0.376 e. The molecule has 1 atom stereocenters. The quantitative estimate of drug-likeness (QED) is 0.363.